The van der Waals surface area contributed by atoms with Crippen molar-refractivity contribution in [1.29, 1.82) is 0 Å². The quantitative estimate of drug-likeness (QED) is 0.353. The first-order valence-electron chi connectivity index (χ1n) is 10.7. The summed E-state index contributed by atoms with van der Waals surface area (Å²) in [6, 6.07) is 12.0. The molecule has 0 unspecified atom stereocenters. The highest BCUT2D eigenvalue weighted by Crippen LogP contribution is 2.35. The van der Waals surface area contributed by atoms with Gasteiger partial charge in [0.1, 0.15) is 5.82 Å². The van der Waals surface area contributed by atoms with Crippen molar-refractivity contribution in [2.24, 2.45) is 0 Å². The summed E-state index contributed by atoms with van der Waals surface area (Å²) in [5, 5.41) is 22.6. The highest BCUT2D eigenvalue weighted by molar-refractivity contribution is 7.89. The smallest absolute Gasteiger partial charge is 0.296 e. The van der Waals surface area contributed by atoms with Crippen LogP contribution in [0.3, 0.4) is 0 Å². The fraction of sp³-hybridized carbons (Fsp3) is 0.273. The first-order valence-corrected chi connectivity index (χ1v) is 12.2. The van der Waals surface area contributed by atoms with E-state index in [0.717, 1.165) is 22.0 Å². The number of nitro groups is 2. The standard InChI is InChI=1S/C22H22N6O6S/c1-3-25(2)22-17-14-26(12-11-18(17)23-21(24-22)15-7-5-4-6-8-15)35(33,34)20-10-9-16(27(29)30)13-19(20)28(31)32/h4-10,13H,3,11-12,14H2,1-2H3. The number of rotatable bonds is 7. The Morgan fingerprint density at radius 3 is 2.40 bits per heavy atom. The number of anilines is 1. The molecule has 1 aliphatic heterocycles. The summed E-state index contributed by atoms with van der Waals surface area (Å²) >= 11 is 0. The molecule has 35 heavy (non-hydrogen) atoms. The fourth-order valence-corrected chi connectivity index (χ4v) is 5.42. The van der Waals surface area contributed by atoms with Crippen LogP contribution in [0.2, 0.25) is 0 Å². The number of nitrogens with zero attached hydrogens (tertiary/aromatic N) is 6. The van der Waals surface area contributed by atoms with Gasteiger partial charge in [-0.25, -0.2) is 18.4 Å². The summed E-state index contributed by atoms with van der Waals surface area (Å²) in [6.45, 7) is 2.51. The Morgan fingerprint density at radius 2 is 1.77 bits per heavy atom. The van der Waals surface area contributed by atoms with E-state index < -0.39 is 36.1 Å². The second kappa shape index (κ2) is 9.35. The van der Waals surface area contributed by atoms with Crippen molar-refractivity contribution in [3.05, 3.63) is 80.0 Å². The van der Waals surface area contributed by atoms with Gasteiger partial charge in [0, 0.05) is 50.3 Å². The molecule has 2 heterocycles. The van der Waals surface area contributed by atoms with Crippen molar-refractivity contribution in [3.8, 4) is 11.4 Å². The first-order chi connectivity index (χ1) is 16.6. The molecule has 0 atom stereocenters. The maximum atomic E-state index is 13.4. The van der Waals surface area contributed by atoms with Gasteiger partial charge in [-0.15, -0.1) is 0 Å². The molecule has 0 N–H and O–H groups in total. The third-order valence-electron chi connectivity index (χ3n) is 5.84. The number of nitro benzene ring substituents is 2. The molecule has 1 aliphatic rings. The van der Waals surface area contributed by atoms with Gasteiger partial charge in [0.15, 0.2) is 10.7 Å². The summed E-state index contributed by atoms with van der Waals surface area (Å²) in [5.41, 5.74) is 0.754. The minimum atomic E-state index is -4.34. The molecular weight excluding hydrogens is 476 g/mol. The van der Waals surface area contributed by atoms with Crippen molar-refractivity contribution in [2.75, 3.05) is 25.0 Å². The SMILES string of the molecule is CCN(C)c1nc(-c2ccccc2)nc2c1CN(S(=O)(=O)c1ccc([N+](=O)[O-])cc1[N+](=O)[O-])CC2. The van der Waals surface area contributed by atoms with Crippen LogP contribution in [0.5, 0.6) is 0 Å². The Morgan fingerprint density at radius 1 is 1.06 bits per heavy atom. The van der Waals surface area contributed by atoms with Gasteiger partial charge in [-0.3, -0.25) is 20.2 Å². The molecule has 0 aliphatic carbocycles. The lowest BCUT2D eigenvalue weighted by molar-refractivity contribution is -0.396. The summed E-state index contributed by atoms with van der Waals surface area (Å²) in [5.74, 6) is 1.11. The molecule has 0 bridgehead atoms. The van der Waals surface area contributed by atoms with Gasteiger partial charge >= 0.3 is 0 Å². The zero-order valence-electron chi connectivity index (χ0n) is 19.0. The number of benzene rings is 2. The van der Waals surface area contributed by atoms with Crippen molar-refractivity contribution in [1.82, 2.24) is 14.3 Å². The molecule has 0 amide bonds. The molecule has 0 saturated heterocycles. The van der Waals surface area contributed by atoms with E-state index in [9.17, 15) is 28.6 Å². The van der Waals surface area contributed by atoms with E-state index in [0.29, 0.717) is 35.5 Å². The first kappa shape index (κ1) is 24.2. The average molecular weight is 499 g/mol. The van der Waals surface area contributed by atoms with Gasteiger partial charge in [0.25, 0.3) is 11.4 Å². The van der Waals surface area contributed by atoms with Crippen molar-refractivity contribution >= 4 is 27.2 Å². The highest BCUT2D eigenvalue weighted by atomic mass is 32.2. The fourth-order valence-electron chi connectivity index (χ4n) is 3.88. The zero-order chi connectivity index (χ0) is 25.3. The maximum Gasteiger partial charge on any atom is 0.296 e. The third-order valence-corrected chi connectivity index (χ3v) is 7.73. The van der Waals surface area contributed by atoms with Crippen LogP contribution in [0.1, 0.15) is 18.2 Å². The van der Waals surface area contributed by atoms with Crippen LogP contribution >= 0.6 is 0 Å². The molecule has 3 aromatic rings. The molecule has 0 radical (unpaired) electrons. The Bertz CT molecular complexity index is 1410. The number of aromatic nitrogens is 2. The molecule has 0 saturated carbocycles. The second-order valence-electron chi connectivity index (χ2n) is 7.93. The molecule has 1 aromatic heterocycles. The van der Waals surface area contributed by atoms with E-state index in [2.05, 4.69) is 4.98 Å². The highest BCUT2D eigenvalue weighted by Gasteiger charge is 2.36. The number of hydrogen-bond acceptors (Lipinski definition) is 9. The zero-order valence-corrected chi connectivity index (χ0v) is 19.8. The molecular formula is C22H22N6O6S. The molecule has 182 valence electrons. The normalized spacial score (nSPS) is 13.8. The molecule has 0 spiro atoms. The van der Waals surface area contributed by atoms with E-state index >= 15 is 0 Å². The number of fused-ring (bicyclic) bond motifs is 1. The molecule has 13 heteroatoms. The van der Waals surface area contributed by atoms with Gasteiger partial charge in [0.2, 0.25) is 10.0 Å². The predicted molar refractivity (Wildman–Crippen MR) is 127 cm³/mol. The lowest BCUT2D eigenvalue weighted by atomic mass is 10.1. The lowest BCUT2D eigenvalue weighted by Gasteiger charge is -2.31. The van der Waals surface area contributed by atoms with E-state index in [4.69, 9.17) is 4.98 Å². The minimum absolute atomic E-state index is 0.0456. The van der Waals surface area contributed by atoms with E-state index in [-0.39, 0.29) is 19.5 Å². The Labute approximate surface area is 201 Å². The number of sulfonamides is 1. The van der Waals surface area contributed by atoms with Crippen molar-refractivity contribution in [2.45, 2.75) is 24.8 Å². The van der Waals surface area contributed by atoms with Gasteiger partial charge in [0.05, 0.1) is 21.6 Å². The summed E-state index contributed by atoms with van der Waals surface area (Å²) in [7, 11) is -2.50. The van der Waals surface area contributed by atoms with Gasteiger partial charge in [-0.1, -0.05) is 30.3 Å². The molecule has 2 aromatic carbocycles. The molecule has 4 rings (SSSR count). The number of hydrogen-bond donors (Lipinski definition) is 0. The van der Waals surface area contributed by atoms with Gasteiger partial charge < -0.3 is 4.90 Å². The summed E-state index contributed by atoms with van der Waals surface area (Å²) < 4.78 is 28.0. The third kappa shape index (κ3) is 4.55. The monoisotopic (exact) mass is 498 g/mol. The van der Waals surface area contributed by atoms with Crippen LogP contribution in [-0.2, 0) is 23.0 Å². The van der Waals surface area contributed by atoms with Crippen LogP contribution in [0.15, 0.2) is 53.4 Å². The Balaban J connectivity index is 1.77. The van der Waals surface area contributed by atoms with Crippen molar-refractivity contribution < 1.29 is 18.3 Å². The molecule has 12 nitrogen and oxygen atoms in total. The van der Waals surface area contributed by atoms with Crippen LogP contribution in [0.4, 0.5) is 17.2 Å². The summed E-state index contributed by atoms with van der Waals surface area (Å²) in [4.78, 5) is 31.5. The second-order valence-corrected chi connectivity index (χ2v) is 9.84. The van der Waals surface area contributed by atoms with Gasteiger partial charge in [-0.2, -0.15) is 4.31 Å². The van der Waals surface area contributed by atoms with Crippen LogP contribution in [0.25, 0.3) is 11.4 Å². The topological polar surface area (TPSA) is 153 Å². The lowest BCUT2D eigenvalue weighted by Crippen LogP contribution is -2.38. The van der Waals surface area contributed by atoms with Crippen LogP contribution in [0, 0.1) is 20.2 Å². The average Bonchev–Trinajstić information content (AvgIpc) is 2.87. The van der Waals surface area contributed by atoms with E-state index in [1.54, 1.807) is 0 Å². The largest absolute Gasteiger partial charge is 0.360 e. The Kier molecular flexibility index (Phi) is 6.45. The minimum Gasteiger partial charge on any atom is -0.360 e. The van der Waals surface area contributed by atoms with Crippen molar-refractivity contribution in [3.63, 3.8) is 0 Å². The summed E-state index contributed by atoms with van der Waals surface area (Å²) in [6.07, 6.45) is 0.280. The predicted octanol–water partition coefficient (Wildman–Crippen LogP) is 3.16. The molecule has 0 fully saturated rings. The van der Waals surface area contributed by atoms with Crippen LogP contribution in [-0.4, -0.2) is 52.7 Å². The van der Waals surface area contributed by atoms with E-state index in [1.165, 1.54) is 0 Å². The van der Waals surface area contributed by atoms with Gasteiger partial charge in [-0.05, 0) is 13.0 Å². The Hall–Kier alpha value is -3.97. The maximum absolute atomic E-state index is 13.4. The number of non-ortho nitro benzene ring substituents is 1. The van der Waals surface area contributed by atoms with E-state index in [1.807, 2.05) is 49.2 Å². The van der Waals surface area contributed by atoms with Crippen LogP contribution < -0.4 is 4.90 Å².